The van der Waals surface area contributed by atoms with Crippen molar-refractivity contribution in [2.45, 2.75) is 69.7 Å². The highest BCUT2D eigenvalue weighted by Gasteiger charge is 2.40. The molecule has 0 heterocycles. The molecular formula is C14H23NO3. The summed E-state index contributed by atoms with van der Waals surface area (Å²) in [5.41, 5.74) is -0.989. The van der Waals surface area contributed by atoms with Crippen LogP contribution in [0.25, 0.3) is 0 Å². The summed E-state index contributed by atoms with van der Waals surface area (Å²) < 4.78 is 0. The molecule has 0 unspecified atom stereocenters. The van der Waals surface area contributed by atoms with Crippen LogP contribution in [0.4, 0.5) is 0 Å². The topological polar surface area (TPSA) is 66.4 Å². The summed E-state index contributed by atoms with van der Waals surface area (Å²) in [6.07, 6.45) is 8.98. The van der Waals surface area contributed by atoms with Crippen LogP contribution in [0, 0.1) is 5.92 Å². The third-order valence-electron chi connectivity index (χ3n) is 4.22. The number of rotatable bonds is 5. The van der Waals surface area contributed by atoms with Gasteiger partial charge in [-0.1, -0.05) is 38.5 Å². The number of carboxylic acids is 1. The molecule has 2 aliphatic carbocycles. The summed E-state index contributed by atoms with van der Waals surface area (Å²) in [6.45, 7) is 0. The lowest BCUT2D eigenvalue weighted by molar-refractivity contribution is -0.148. The molecule has 0 spiro atoms. The predicted octanol–water partition coefficient (Wildman–Crippen LogP) is 2.47. The lowest BCUT2D eigenvalue weighted by Crippen LogP contribution is -2.54. The molecule has 0 atom stereocenters. The number of nitrogens with one attached hydrogen (secondary N) is 1. The average Bonchev–Trinajstić information content (AvgIpc) is 3.14. The van der Waals surface area contributed by atoms with Gasteiger partial charge in [0.2, 0.25) is 5.91 Å². The van der Waals surface area contributed by atoms with E-state index in [1.165, 1.54) is 12.8 Å². The average molecular weight is 253 g/mol. The summed E-state index contributed by atoms with van der Waals surface area (Å²) in [7, 11) is 0. The van der Waals surface area contributed by atoms with Crippen molar-refractivity contribution in [3.8, 4) is 0 Å². The van der Waals surface area contributed by atoms with Gasteiger partial charge in [0.1, 0.15) is 5.54 Å². The van der Waals surface area contributed by atoms with Gasteiger partial charge in [-0.15, -0.1) is 0 Å². The van der Waals surface area contributed by atoms with E-state index in [2.05, 4.69) is 5.32 Å². The lowest BCUT2D eigenvalue weighted by atomic mass is 9.90. The van der Waals surface area contributed by atoms with E-state index >= 15 is 0 Å². The van der Waals surface area contributed by atoms with Crippen LogP contribution < -0.4 is 5.32 Å². The second-order valence-corrected chi connectivity index (χ2v) is 5.83. The van der Waals surface area contributed by atoms with Gasteiger partial charge in [0.25, 0.3) is 0 Å². The van der Waals surface area contributed by atoms with E-state index in [4.69, 9.17) is 0 Å². The molecule has 18 heavy (non-hydrogen) atoms. The van der Waals surface area contributed by atoms with Crippen molar-refractivity contribution in [3.63, 3.8) is 0 Å². The molecule has 0 aromatic rings. The van der Waals surface area contributed by atoms with Crippen molar-refractivity contribution in [1.82, 2.24) is 5.32 Å². The van der Waals surface area contributed by atoms with E-state index in [1.807, 2.05) is 0 Å². The molecule has 0 aromatic carbocycles. The van der Waals surface area contributed by atoms with E-state index in [0.29, 0.717) is 25.2 Å². The van der Waals surface area contributed by atoms with Gasteiger partial charge in [0.15, 0.2) is 0 Å². The predicted molar refractivity (Wildman–Crippen MR) is 68.2 cm³/mol. The van der Waals surface area contributed by atoms with E-state index in [-0.39, 0.29) is 5.91 Å². The lowest BCUT2D eigenvalue weighted by Gasteiger charge is -2.29. The Morgan fingerprint density at radius 2 is 1.72 bits per heavy atom. The number of carbonyl (C=O) groups is 2. The van der Waals surface area contributed by atoms with Crippen LogP contribution in [-0.2, 0) is 9.59 Å². The smallest absolute Gasteiger partial charge is 0.329 e. The van der Waals surface area contributed by atoms with Crippen LogP contribution in [0.15, 0.2) is 0 Å². The molecular weight excluding hydrogens is 230 g/mol. The third kappa shape index (κ3) is 3.47. The molecule has 0 radical (unpaired) electrons. The molecule has 1 amide bonds. The molecule has 102 valence electrons. The Bertz CT molecular complexity index is 315. The molecule has 0 saturated heterocycles. The largest absolute Gasteiger partial charge is 0.480 e. The fraction of sp³-hybridized carbons (Fsp3) is 0.857. The highest BCUT2D eigenvalue weighted by molar-refractivity contribution is 5.87. The van der Waals surface area contributed by atoms with Gasteiger partial charge in [0, 0.05) is 6.42 Å². The minimum Gasteiger partial charge on any atom is -0.480 e. The maximum Gasteiger partial charge on any atom is 0.329 e. The Morgan fingerprint density at radius 3 is 2.22 bits per heavy atom. The quantitative estimate of drug-likeness (QED) is 0.740. The number of aliphatic carboxylic acids is 1. The Labute approximate surface area is 108 Å². The molecule has 4 heteroatoms. The Morgan fingerprint density at radius 1 is 1.11 bits per heavy atom. The summed E-state index contributed by atoms with van der Waals surface area (Å²) >= 11 is 0. The van der Waals surface area contributed by atoms with Gasteiger partial charge < -0.3 is 10.4 Å². The van der Waals surface area contributed by atoms with Crippen LogP contribution in [0.3, 0.4) is 0 Å². The van der Waals surface area contributed by atoms with Gasteiger partial charge >= 0.3 is 5.97 Å². The second-order valence-electron chi connectivity index (χ2n) is 5.83. The van der Waals surface area contributed by atoms with E-state index < -0.39 is 11.5 Å². The molecule has 2 aliphatic rings. The first-order chi connectivity index (χ1) is 8.62. The third-order valence-corrected chi connectivity index (χ3v) is 4.22. The number of hydrogen-bond acceptors (Lipinski definition) is 2. The summed E-state index contributed by atoms with van der Waals surface area (Å²) in [5.74, 6) is -0.221. The van der Waals surface area contributed by atoms with Gasteiger partial charge in [0.05, 0.1) is 0 Å². The summed E-state index contributed by atoms with van der Waals surface area (Å²) in [6, 6.07) is 0. The van der Waals surface area contributed by atoms with Crippen molar-refractivity contribution in [1.29, 1.82) is 0 Å². The number of hydrogen-bond donors (Lipinski definition) is 2. The molecule has 2 rings (SSSR count). The van der Waals surface area contributed by atoms with Crippen LogP contribution in [0.5, 0.6) is 0 Å². The molecule has 2 fully saturated rings. The highest BCUT2D eigenvalue weighted by Crippen LogP contribution is 2.33. The minimum atomic E-state index is -0.989. The highest BCUT2D eigenvalue weighted by atomic mass is 16.4. The standard InChI is InChI=1S/C14H23NO3/c16-12(8-7-11-5-6-11)15-14(13(17)18)9-3-1-2-4-10-14/h11H,1-10H2,(H,15,16)(H,17,18). The van der Waals surface area contributed by atoms with Crippen molar-refractivity contribution < 1.29 is 14.7 Å². The van der Waals surface area contributed by atoms with Crippen LogP contribution >= 0.6 is 0 Å². The van der Waals surface area contributed by atoms with Crippen LogP contribution in [0.1, 0.15) is 64.2 Å². The fourth-order valence-corrected chi connectivity index (χ4v) is 2.80. The zero-order valence-corrected chi connectivity index (χ0v) is 10.9. The van der Waals surface area contributed by atoms with Crippen LogP contribution in [-0.4, -0.2) is 22.5 Å². The molecule has 2 saturated carbocycles. The van der Waals surface area contributed by atoms with Crippen LogP contribution in [0.2, 0.25) is 0 Å². The van der Waals surface area contributed by atoms with E-state index in [9.17, 15) is 14.7 Å². The van der Waals surface area contributed by atoms with Crippen molar-refractivity contribution >= 4 is 11.9 Å². The fourth-order valence-electron chi connectivity index (χ4n) is 2.80. The Hall–Kier alpha value is -1.06. The Balaban J connectivity index is 1.90. The van der Waals surface area contributed by atoms with Gasteiger partial charge in [-0.05, 0) is 25.2 Å². The molecule has 2 N–H and O–H groups in total. The van der Waals surface area contributed by atoms with Crippen molar-refractivity contribution in [2.24, 2.45) is 5.92 Å². The maximum atomic E-state index is 11.9. The molecule has 4 nitrogen and oxygen atoms in total. The van der Waals surface area contributed by atoms with Crippen molar-refractivity contribution in [2.75, 3.05) is 0 Å². The normalized spacial score (nSPS) is 23.1. The second kappa shape index (κ2) is 5.72. The zero-order valence-electron chi connectivity index (χ0n) is 10.9. The number of amides is 1. The molecule has 0 aromatic heterocycles. The first-order valence-electron chi connectivity index (χ1n) is 7.17. The minimum absolute atomic E-state index is 0.0776. The summed E-state index contributed by atoms with van der Waals surface area (Å²) in [4.78, 5) is 23.4. The van der Waals surface area contributed by atoms with E-state index in [0.717, 1.165) is 32.1 Å². The first kappa shape index (κ1) is 13.4. The SMILES string of the molecule is O=C(CCC1CC1)NC1(C(=O)O)CCCCCC1. The number of carboxylic acid groups (broad SMARTS) is 1. The monoisotopic (exact) mass is 253 g/mol. The maximum absolute atomic E-state index is 11.9. The zero-order chi connectivity index (χ0) is 13.0. The van der Waals surface area contributed by atoms with Gasteiger partial charge in [-0.2, -0.15) is 0 Å². The van der Waals surface area contributed by atoms with Gasteiger partial charge in [-0.25, -0.2) is 4.79 Å². The first-order valence-corrected chi connectivity index (χ1v) is 7.17. The Kier molecular flexibility index (Phi) is 4.25. The van der Waals surface area contributed by atoms with Gasteiger partial charge in [-0.3, -0.25) is 4.79 Å². The van der Waals surface area contributed by atoms with Crippen molar-refractivity contribution in [3.05, 3.63) is 0 Å². The molecule has 0 aliphatic heterocycles. The molecule has 0 bridgehead atoms. The van der Waals surface area contributed by atoms with E-state index in [1.54, 1.807) is 0 Å². The number of carbonyl (C=O) groups excluding carboxylic acids is 1. The summed E-state index contributed by atoms with van der Waals surface area (Å²) in [5, 5.41) is 12.3.